The van der Waals surface area contributed by atoms with Gasteiger partial charge in [0.25, 0.3) is 0 Å². The van der Waals surface area contributed by atoms with E-state index in [0.29, 0.717) is 19.1 Å². The molecule has 4 rings (SSSR count). The van der Waals surface area contributed by atoms with Gasteiger partial charge < -0.3 is 15.0 Å². The molecule has 3 heterocycles. The van der Waals surface area contributed by atoms with E-state index >= 15 is 0 Å². The third kappa shape index (κ3) is 3.71. The number of ether oxygens (including phenoxy) is 1. The van der Waals surface area contributed by atoms with Crippen LogP contribution in [0.15, 0.2) is 30.3 Å². The van der Waals surface area contributed by atoms with E-state index in [1.165, 1.54) is 5.56 Å². The summed E-state index contributed by atoms with van der Waals surface area (Å²) in [6.45, 7) is 2.10. The molecule has 0 saturated carbocycles. The van der Waals surface area contributed by atoms with Gasteiger partial charge in [-0.2, -0.15) is 0 Å². The lowest BCUT2D eigenvalue weighted by Crippen LogP contribution is -2.39. The molecular formula is C20H26N2O3. The Kier molecular flexibility index (Phi) is 4.75. The molecule has 0 radical (unpaired) electrons. The van der Waals surface area contributed by atoms with E-state index in [4.69, 9.17) is 4.74 Å². The lowest BCUT2D eigenvalue weighted by Gasteiger charge is -2.20. The van der Waals surface area contributed by atoms with Crippen molar-refractivity contribution in [2.45, 2.75) is 44.3 Å². The van der Waals surface area contributed by atoms with Gasteiger partial charge in [0.2, 0.25) is 11.8 Å². The number of fused-ring (bicyclic) bond motifs is 2. The predicted octanol–water partition coefficient (Wildman–Crippen LogP) is 1.76. The zero-order chi connectivity index (χ0) is 17.2. The highest BCUT2D eigenvalue weighted by atomic mass is 16.5. The summed E-state index contributed by atoms with van der Waals surface area (Å²) in [5.41, 5.74) is 1.25. The molecule has 3 fully saturated rings. The summed E-state index contributed by atoms with van der Waals surface area (Å²) < 4.78 is 5.76. The molecular weight excluding hydrogens is 316 g/mol. The molecule has 2 amide bonds. The molecule has 0 spiro atoms. The van der Waals surface area contributed by atoms with Crippen molar-refractivity contribution in [3.63, 3.8) is 0 Å². The number of likely N-dealkylation sites (tertiary alicyclic amines) is 1. The summed E-state index contributed by atoms with van der Waals surface area (Å²) in [5.74, 6) is 0.567. The third-order valence-corrected chi connectivity index (χ3v) is 5.82. The Hall–Kier alpha value is -1.88. The third-order valence-electron chi connectivity index (χ3n) is 5.82. The average Bonchev–Trinajstić information content (AvgIpc) is 3.34. The average molecular weight is 342 g/mol. The highest BCUT2D eigenvalue weighted by Gasteiger charge is 2.44. The Bertz CT molecular complexity index is 633. The highest BCUT2D eigenvalue weighted by molar-refractivity contribution is 5.81. The first kappa shape index (κ1) is 16.6. The monoisotopic (exact) mass is 342 g/mol. The second kappa shape index (κ2) is 7.16. The minimum atomic E-state index is 0.0186. The smallest absolute Gasteiger partial charge is 0.225 e. The van der Waals surface area contributed by atoms with Crippen molar-refractivity contribution in [2.75, 3.05) is 19.6 Å². The van der Waals surface area contributed by atoms with Crippen LogP contribution in [0.1, 0.15) is 31.2 Å². The van der Waals surface area contributed by atoms with Crippen LogP contribution in [0.5, 0.6) is 0 Å². The Morgan fingerprint density at radius 2 is 2.08 bits per heavy atom. The molecule has 3 aliphatic heterocycles. The summed E-state index contributed by atoms with van der Waals surface area (Å²) >= 11 is 0. The molecule has 25 heavy (non-hydrogen) atoms. The number of nitrogens with one attached hydrogen (secondary N) is 1. The molecule has 134 valence electrons. The Balaban J connectivity index is 1.21. The van der Waals surface area contributed by atoms with Gasteiger partial charge in [-0.3, -0.25) is 9.59 Å². The first-order chi connectivity index (χ1) is 12.2. The van der Waals surface area contributed by atoms with Crippen molar-refractivity contribution in [2.24, 2.45) is 11.8 Å². The molecule has 5 nitrogen and oxygen atoms in total. The topological polar surface area (TPSA) is 58.6 Å². The maximum atomic E-state index is 12.4. The number of amides is 2. The van der Waals surface area contributed by atoms with Crippen LogP contribution < -0.4 is 5.32 Å². The van der Waals surface area contributed by atoms with Gasteiger partial charge in [-0.05, 0) is 31.2 Å². The van der Waals surface area contributed by atoms with Crippen molar-refractivity contribution in [3.05, 3.63) is 35.9 Å². The Labute approximate surface area is 148 Å². The van der Waals surface area contributed by atoms with Gasteiger partial charge in [-0.1, -0.05) is 30.3 Å². The molecule has 4 atom stereocenters. The molecule has 1 aromatic carbocycles. The fraction of sp³-hybridized carbons (Fsp3) is 0.600. The summed E-state index contributed by atoms with van der Waals surface area (Å²) in [7, 11) is 0. The van der Waals surface area contributed by atoms with E-state index in [1.54, 1.807) is 0 Å². The molecule has 2 bridgehead atoms. The van der Waals surface area contributed by atoms with Crippen LogP contribution in [0.25, 0.3) is 0 Å². The predicted molar refractivity (Wildman–Crippen MR) is 93.8 cm³/mol. The molecule has 3 saturated heterocycles. The van der Waals surface area contributed by atoms with Crippen LogP contribution in [-0.4, -0.2) is 48.6 Å². The maximum Gasteiger partial charge on any atom is 0.225 e. The maximum absolute atomic E-state index is 12.4. The van der Waals surface area contributed by atoms with Gasteiger partial charge >= 0.3 is 0 Å². The summed E-state index contributed by atoms with van der Waals surface area (Å²) in [4.78, 5) is 26.5. The number of carbonyl (C=O) groups excluding carboxylic acids is 2. The van der Waals surface area contributed by atoms with Crippen LogP contribution in [-0.2, 0) is 20.7 Å². The van der Waals surface area contributed by atoms with Crippen LogP contribution in [0.4, 0.5) is 0 Å². The van der Waals surface area contributed by atoms with Gasteiger partial charge in [0.1, 0.15) is 0 Å². The highest BCUT2D eigenvalue weighted by Crippen LogP contribution is 2.38. The number of hydrogen-bond donors (Lipinski definition) is 1. The minimum Gasteiger partial charge on any atom is -0.374 e. The first-order valence-corrected chi connectivity index (χ1v) is 9.44. The molecule has 1 aromatic rings. The molecule has 0 aromatic heterocycles. The zero-order valence-corrected chi connectivity index (χ0v) is 14.5. The Morgan fingerprint density at radius 1 is 1.24 bits per heavy atom. The van der Waals surface area contributed by atoms with Gasteiger partial charge in [-0.15, -0.1) is 0 Å². The number of rotatable bonds is 6. The number of nitrogens with zero attached hydrogens (tertiary/aromatic N) is 1. The lowest BCUT2D eigenvalue weighted by molar-refractivity contribution is -0.128. The van der Waals surface area contributed by atoms with Crippen molar-refractivity contribution >= 4 is 11.8 Å². The van der Waals surface area contributed by atoms with Crippen molar-refractivity contribution in [1.29, 1.82) is 0 Å². The van der Waals surface area contributed by atoms with E-state index in [1.807, 2.05) is 23.1 Å². The molecule has 1 N–H and O–H groups in total. The number of carbonyl (C=O) groups is 2. The van der Waals surface area contributed by atoms with Gasteiger partial charge in [0, 0.05) is 32.0 Å². The second-order valence-corrected chi connectivity index (χ2v) is 7.61. The second-order valence-electron chi connectivity index (χ2n) is 7.61. The molecule has 0 aliphatic carbocycles. The van der Waals surface area contributed by atoms with Crippen LogP contribution in [0, 0.1) is 11.8 Å². The fourth-order valence-corrected chi connectivity index (χ4v) is 4.41. The number of hydrogen-bond acceptors (Lipinski definition) is 3. The molecule has 3 aliphatic rings. The Morgan fingerprint density at radius 3 is 2.80 bits per heavy atom. The van der Waals surface area contributed by atoms with E-state index < -0.39 is 0 Å². The quantitative estimate of drug-likeness (QED) is 0.857. The van der Waals surface area contributed by atoms with E-state index in [-0.39, 0.29) is 29.8 Å². The van der Waals surface area contributed by atoms with Crippen LogP contribution in [0.3, 0.4) is 0 Å². The standard InChI is InChI=1S/C20H26N2O3/c23-19-10-15(13-22(19)9-8-14-4-2-1-3-5-14)12-21-20(24)17-11-16-6-7-18(17)25-16/h1-5,15-18H,6-13H2,(H,21,24)/t15-,16-,17+,18-/m1/s1. The lowest BCUT2D eigenvalue weighted by atomic mass is 9.88. The van der Waals surface area contributed by atoms with Crippen molar-refractivity contribution < 1.29 is 14.3 Å². The minimum absolute atomic E-state index is 0.0186. The van der Waals surface area contributed by atoms with Gasteiger partial charge in [0.15, 0.2) is 0 Å². The largest absolute Gasteiger partial charge is 0.374 e. The van der Waals surface area contributed by atoms with E-state index in [0.717, 1.165) is 38.8 Å². The zero-order valence-electron chi connectivity index (χ0n) is 14.5. The van der Waals surface area contributed by atoms with Crippen LogP contribution in [0.2, 0.25) is 0 Å². The van der Waals surface area contributed by atoms with Gasteiger partial charge in [0.05, 0.1) is 18.1 Å². The summed E-state index contributed by atoms with van der Waals surface area (Å²) in [6.07, 6.45) is 4.82. The fourth-order valence-electron chi connectivity index (χ4n) is 4.41. The molecule has 5 heteroatoms. The van der Waals surface area contributed by atoms with Crippen molar-refractivity contribution in [3.8, 4) is 0 Å². The van der Waals surface area contributed by atoms with E-state index in [9.17, 15) is 9.59 Å². The van der Waals surface area contributed by atoms with Crippen molar-refractivity contribution in [1.82, 2.24) is 10.2 Å². The first-order valence-electron chi connectivity index (χ1n) is 9.44. The summed E-state index contributed by atoms with van der Waals surface area (Å²) in [5, 5.41) is 3.07. The normalized spacial score (nSPS) is 30.9. The van der Waals surface area contributed by atoms with E-state index in [2.05, 4.69) is 17.4 Å². The van der Waals surface area contributed by atoms with Crippen LogP contribution >= 0.6 is 0 Å². The van der Waals surface area contributed by atoms with Gasteiger partial charge in [-0.25, -0.2) is 0 Å². The summed E-state index contributed by atoms with van der Waals surface area (Å²) in [6, 6.07) is 10.2. The SMILES string of the molecule is O=C(NC[C@H]1CC(=O)N(CCc2ccccc2)C1)[C@H]1C[C@H]2CC[C@H]1O2. The molecule has 0 unspecified atom stereocenters. The number of benzene rings is 1.